The molecule has 0 fully saturated rings. The van der Waals surface area contributed by atoms with Gasteiger partial charge in [0, 0.05) is 48.4 Å². The molecule has 0 spiro atoms. The molecule has 0 N–H and O–H groups in total. The lowest BCUT2D eigenvalue weighted by Gasteiger charge is -2.19. The normalized spacial score (nSPS) is 14.5. The Balaban J connectivity index is 1.28. The van der Waals surface area contributed by atoms with Crippen LogP contribution in [-0.2, 0) is 26.8 Å². The van der Waals surface area contributed by atoms with Gasteiger partial charge in [0.1, 0.15) is 5.76 Å². The van der Waals surface area contributed by atoms with E-state index >= 15 is 0 Å². The van der Waals surface area contributed by atoms with Gasteiger partial charge < -0.3 is 32.1 Å². The first-order valence-electron chi connectivity index (χ1n) is 16.4. The molecule has 14 heteroatoms. The summed E-state index contributed by atoms with van der Waals surface area (Å²) in [6, 6.07) is 25.0. The van der Waals surface area contributed by atoms with Crippen molar-refractivity contribution in [3.05, 3.63) is 115 Å². The van der Waals surface area contributed by atoms with E-state index in [0.29, 0.717) is 41.0 Å². The van der Waals surface area contributed by atoms with Crippen LogP contribution in [0, 0.1) is 0 Å². The Hall–Kier alpha value is -5.15. The van der Waals surface area contributed by atoms with Crippen LogP contribution in [0.3, 0.4) is 0 Å². The molecular weight excluding hydrogens is 695 g/mol. The summed E-state index contributed by atoms with van der Waals surface area (Å²) in [5.41, 5.74) is 5.47. The quantitative estimate of drug-likeness (QED) is 0.0971. The minimum Gasteiger partial charge on any atom is -0.748 e. The van der Waals surface area contributed by atoms with Gasteiger partial charge in [0.2, 0.25) is 11.5 Å². The van der Waals surface area contributed by atoms with E-state index in [1.54, 1.807) is 12.3 Å². The van der Waals surface area contributed by atoms with Gasteiger partial charge in [-0.05, 0) is 78.4 Å². The van der Waals surface area contributed by atoms with E-state index in [2.05, 4.69) is 4.57 Å². The van der Waals surface area contributed by atoms with Gasteiger partial charge in [-0.1, -0.05) is 25.1 Å². The molecule has 0 atom stereocenters. The van der Waals surface area contributed by atoms with Crippen molar-refractivity contribution in [2.75, 3.05) is 23.0 Å². The molecule has 4 heterocycles. The van der Waals surface area contributed by atoms with Crippen molar-refractivity contribution in [3.63, 3.8) is 0 Å². The second kappa shape index (κ2) is 13.9. The largest absolute Gasteiger partial charge is 0.748 e. The highest BCUT2D eigenvalue weighted by Gasteiger charge is 2.28. The van der Waals surface area contributed by atoms with E-state index < -0.39 is 31.7 Å². The Morgan fingerprint density at radius 2 is 1.71 bits per heavy atom. The average Bonchev–Trinajstić information content (AvgIpc) is 3.89. The molecule has 0 aliphatic carbocycles. The number of ether oxygens (including phenoxy) is 1. The molecule has 51 heavy (non-hydrogen) atoms. The molecule has 0 unspecified atom stereocenters. The Kier molecular flexibility index (Phi) is 9.33. The first kappa shape index (κ1) is 34.3. The molecule has 264 valence electrons. The van der Waals surface area contributed by atoms with Crippen LogP contribution < -0.4 is 14.2 Å². The lowest BCUT2D eigenvalue weighted by atomic mass is 10.1. The predicted molar refractivity (Wildman–Crippen MR) is 190 cm³/mol. The van der Waals surface area contributed by atoms with Gasteiger partial charge in [0.15, 0.2) is 12.3 Å². The summed E-state index contributed by atoms with van der Waals surface area (Å²) in [4.78, 5) is 1.83. The number of benzene rings is 3. The summed E-state index contributed by atoms with van der Waals surface area (Å²) in [5.74, 6) is 1.02. The zero-order chi connectivity index (χ0) is 35.8. The number of hydrogen-bond donors (Lipinski definition) is 0. The van der Waals surface area contributed by atoms with Crippen LogP contribution in [0.4, 0.5) is 5.69 Å². The fourth-order valence-corrected chi connectivity index (χ4v) is 7.25. The van der Waals surface area contributed by atoms with Crippen LogP contribution in [-0.4, -0.2) is 48.6 Å². The smallest absolute Gasteiger partial charge is 0.374 e. The topological polar surface area (TPSA) is 162 Å². The van der Waals surface area contributed by atoms with Crippen molar-refractivity contribution >= 4 is 54.0 Å². The number of oxazole rings is 1. The maximum absolute atomic E-state index is 11.5. The van der Waals surface area contributed by atoms with Crippen molar-refractivity contribution in [3.8, 4) is 22.8 Å². The van der Waals surface area contributed by atoms with Gasteiger partial charge in [-0.25, -0.2) is 16.8 Å². The van der Waals surface area contributed by atoms with Gasteiger partial charge in [-0.3, -0.25) is 0 Å². The van der Waals surface area contributed by atoms with Crippen molar-refractivity contribution in [1.82, 2.24) is 4.57 Å². The molecule has 6 aromatic rings. The number of para-hydroxylation sites is 1. The molecule has 0 bridgehead atoms. The summed E-state index contributed by atoms with van der Waals surface area (Å²) in [7, 11) is -8.85. The summed E-state index contributed by atoms with van der Waals surface area (Å²) < 4.78 is 91.0. The van der Waals surface area contributed by atoms with E-state index in [9.17, 15) is 25.9 Å². The van der Waals surface area contributed by atoms with Crippen molar-refractivity contribution < 1.29 is 44.1 Å². The maximum atomic E-state index is 11.5. The van der Waals surface area contributed by atoms with Crippen molar-refractivity contribution in [1.29, 1.82) is 0 Å². The molecule has 12 nitrogen and oxygen atoms in total. The standard InChI is InChI=1S/C37H35N3O9S2/c1-2-26(22-36-39(16-6-20-50(41,42)43)31-24-28(11-13-34(31)48-36)33-10-5-19-47-33)23-37-40(17-7-21-51(44,45)46)32-25-29(12-14-35(32)49-37)38-18-15-27-8-3-4-9-30(27)38/h3-5,8-15,18-19,22-25H,2,6-7,16-17,20-21H2,1H3,(H-,41,42,43,44,45,46)/p-1. The van der Waals surface area contributed by atoms with E-state index in [0.717, 1.165) is 33.2 Å². The first-order valence-corrected chi connectivity index (χ1v) is 19.6. The highest BCUT2D eigenvalue weighted by atomic mass is 32.2. The summed E-state index contributed by atoms with van der Waals surface area (Å²) in [5, 5.41) is 1.08. The lowest BCUT2D eigenvalue weighted by molar-refractivity contribution is -0.677. The lowest BCUT2D eigenvalue weighted by Crippen LogP contribution is -2.36. The third kappa shape index (κ3) is 7.64. The molecule has 3 aromatic carbocycles. The maximum Gasteiger partial charge on any atom is 0.374 e. The Morgan fingerprint density at radius 1 is 0.902 bits per heavy atom. The van der Waals surface area contributed by atoms with Gasteiger partial charge >= 0.3 is 5.89 Å². The molecule has 1 aliphatic rings. The van der Waals surface area contributed by atoms with Crippen LogP contribution in [0.2, 0.25) is 0 Å². The molecule has 0 saturated heterocycles. The number of rotatable bonds is 13. The monoisotopic (exact) mass is 728 g/mol. The third-order valence-corrected chi connectivity index (χ3v) is 10.3. The van der Waals surface area contributed by atoms with Gasteiger partial charge in [0.05, 0.1) is 49.5 Å². The minimum atomic E-state index is -4.43. The Labute approximate surface area is 295 Å². The number of aryl methyl sites for hydroxylation is 1. The second-order valence-electron chi connectivity index (χ2n) is 12.2. The van der Waals surface area contributed by atoms with E-state index in [-0.39, 0.29) is 25.9 Å². The van der Waals surface area contributed by atoms with E-state index in [4.69, 9.17) is 13.6 Å². The average molecular weight is 729 g/mol. The highest BCUT2D eigenvalue weighted by Crippen LogP contribution is 2.42. The third-order valence-electron chi connectivity index (χ3n) is 8.71. The van der Waals surface area contributed by atoms with Crippen LogP contribution >= 0.6 is 0 Å². The van der Waals surface area contributed by atoms with E-state index in [1.807, 2.05) is 108 Å². The van der Waals surface area contributed by atoms with E-state index in [1.165, 1.54) is 0 Å². The second-order valence-corrected chi connectivity index (χ2v) is 15.2. The molecule has 1 aliphatic heterocycles. The number of aromatic nitrogens is 2. The Morgan fingerprint density at radius 3 is 2.47 bits per heavy atom. The fraction of sp³-hybridized carbons (Fsp3) is 0.216. The van der Waals surface area contributed by atoms with Crippen LogP contribution in [0.25, 0.3) is 45.1 Å². The van der Waals surface area contributed by atoms with Gasteiger partial charge in [0.25, 0.3) is 5.52 Å². The van der Waals surface area contributed by atoms with Crippen molar-refractivity contribution in [2.45, 2.75) is 32.7 Å². The molecule has 0 radical (unpaired) electrons. The molecule has 3 aromatic heterocycles. The minimum absolute atomic E-state index is 0.0767. The number of fused-ring (bicyclic) bond motifs is 3. The number of anilines is 1. The summed E-state index contributed by atoms with van der Waals surface area (Å²) >= 11 is 0. The first-order chi connectivity index (χ1) is 24.5. The van der Waals surface area contributed by atoms with Crippen molar-refractivity contribution in [2.24, 2.45) is 0 Å². The number of hydrogen-bond acceptors (Lipinski definition) is 10. The SMILES string of the molecule is CCC(/C=C1\Oc2ccc(-c3ccco3)cc2N1CCCS(=O)(=O)[O-])=C\c1oc2ccc(-n3ccc4ccccc43)cc2[n+]1CCCS(=O)(=O)[O-]. The highest BCUT2D eigenvalue weighted by molar-refractivity contribution is 7.85. The molecule has 0 saturated carbocycles. The summed E-state index contributed by atoms with van der Waals surface area (Å²) in [6.07, 6.45) is 7.92. The number of furan rings is 1. The fourth-order valence-electron chi connectivity index (χ4n) is 6.28. The van der Waals surface area contributed by atoms with Gasteiger partial charge in [-0.15, -0.1) is 0 Å². The Bertz CT molecular complexity index is 2510. The molecular formula is C37H34N3O9S2-. The summed E-state index contributed by atoms with van der Waals surface area (Å²) in [6.45, 7) is 2.36. The molecule has 0 amide bonds. The number of nitrogens with zero attached hydrogens (tertiary/aromatic N) is 3. The zero-order valence-corrected chi connectivity index (χ0v) is 29.2. The van der Waals surface area contributed by atoms with Crippen LogP contribution in [0.1, 0.15) is 32.1 Å². The van der Waals surface area contributed by atoms with Crippen LogP contribution in [0.5, 0.6) is 5.75 Å². The molecule has 7 rings (SSSR count). The number of allylic oxidation sites excluding steroid dienone is 2. The zero-order valence-electron chi connectivity index (χ0n) is 27.6. The predicted octanol–water partition coefficient (Wildman–Crippen LogP) is 6.33. The van der Waals surface area contributed by atoms with Gasteiger partial charge in [-0.2, -0.15) is 4.57 Å². The van der Waals surface area contributed by atoms with Crippen LogP contribution in [0.15, 0.2) is 118 Å².